The highest BCUT2D eigenvalue weighted by Gasteiger charge is 2.41. The molecule has 0 radical (unpaired) electrons. The third kappa shape index (κ3) is 3.11. The van der Waals surface area contributed by atoms with Crippen molar-refractivity contribution in [2.45, 2.75) is 31.2 Å². The summed E-state index contributed by atoms with van der Waals surface area (Å²) >= 11 is 0. The number of nitrogens with one attached hydrogen (secondary N) is 2. The van der Waals surface area contributed by atoms with Crippen molar-refractivity contribution < 1.29 is 4.79 Å². The van der Waals surface area contributed by atoms with Crippen LogP contribution < -0.4 is 10.6 Å². The number of piperidine rings is 1. The number of rotatable bonds is 5. The fourth-order valence-corrected chi connectivity index (χ4v) is 3.42. The Morgan fingerprint density at radius 1 is 1.29 bits per heavy atom. The molecule has 1 aromatic rings. The monoisotopic (exact) mass is 291 g/mol. The van der Waals surface area contributed by atoms with E-state index >= 15 is 0 Å². The van der Waals surface area contributed by atoms with Gasteiger partial charge in [0.15, 0.2) is 0 Å². The molecule has 21 heavy (non-hydrogen) atoms. The predicted octanol–water partition coefficient (Wildman–Crippen LogP) is 0.174. The number of carbonyl (C=O) groups is 1. The largest absolute Gasteiger partial charge is 0.353 e. The average Bonchev–Trinajstić information content (AvgIpc) is 3.21. The second kappa shape index (κ2) is 6.58. The zero-order chi connectivity index (χ0) is 14.5. The first-order valence-electron chi connectivity index (χ1n) is 8.03. The van der Waals surface area contributed by atoms with E-state index in [4.69, 9.17) is 0 Å². The molecule has 0 saturated carbocycles. The summed E-state index contributed by atoms with van der Waals surface area (Å²) in [7, 11) is 0. The number of hydrogen-bond donors (Lipinski definition) is 2. The molecule has 3 rings (SSSR count). The minimum atomic E-state index is -0.514. The number of carbonyl (C=O) groups excluding carboxylic acids is 1. The van der Waals surface area contributed by atoms with Gasteiger partial charge in [-0.25, -0.2) is 0 Å². The van der Waals surface area contributed by atoms with Gasteiger partial charge in [0, 0.05) is 25.5 Å². The van der Waals surface area contributed by atoms with E-state index in [1.54, 1.807) is 6.20 Å². The summed E-state index contributed by atoms with van der Waals surface area (Å²) in [6.07, 6.45) is 7.83. The van der Waals surface area contributed by atoms with E-state index in [0.717, 1.165) is 39.0 Å². The van der Waals surface area contributed by atoms with Crippen molar-refractivity contribution in [2.75, 3.05) is 39.3 Å². The Labute approximate surface area is 125 Å². The van der Waals surface area contributed by atoms with Gasteiger partial charge in [-0.15, -0.1) is 0 Å². The molecular formula is C15H25N5O. The van der Waals surface area contributed by atoms with Crippen molar-refractivity contribution in [3.05, 3.63) is 18.5 Å². The van der Waals surface area contributed by atoms with Crippen LogP contribution in [-0.2, 0) is 10.3 Å². The lowest BCUT2D eigenvalue weighted by Crippen LogP contribution is -2.55. The van der Waals surface area contributed by atoms with E-state index in [-0.39, 0.29) is 5.91 Å². The summed E-state index contributed by atoms with van der Waals surface area (Å²) in [6.45, 7) is 5.75. The van der Waals surface area contributed by atoms with Crippen molar-refractivity contribution in [3.8, 4) is 0 Å². The van der Waals surface area contributed by atoms with Crippen molar-refractivity contribution in [2.24, 2.45) is 0 Å². The third-order valence-electron chi connectivity index (χ3n) is 4.71. The van der Waals surface area contributed by atoms with Crippen LogP contribution in [-0.4, -0.2) is 59.9 Å². The molecule has 0 atom stereocenters. The molecule has 0 aliphatic carbocycles. The lowest BCUT2D eigenvalue weighted by molar-refractivity contribution is -0.132. The first kappa shape index (κ1) is 14.5. The minimum Gasteiger partial charge on any atom is -0.353 e. The molecule has 2 aliphatic heterocycles. The quantitative estimate of drug-likeness (QED) is 0.812. The van der Waals surface area contributed by atoms with Crippen LogP contribution in [0, 0.1) is 0 Å². The zero-order valence-corrected chi connectivity index (χ0v) is 12.6. The molecular weight excluding hydrogens is 266 g/mol. The van der Waals surface area contributed by atoms with E-state index in [2.05, 4.69) is 20.6 Å². The Bertz CT molecular complexity index is 447. The second-order valence-corrected chi connectivity index (χ2v) is 6.04. The van der Waals surface area contributed by atoms with Gasteiger partial charge in [0.1, 0.15) is 5.54 Å². The fraction of sp³-hybridized carbons (Fsp3) is 0.733. The van der Waals surface area contributed by atoms with E-state index in [9.17, 15) is 4.79 Å². The maximum Gasteiger partial charge on any atom is 0.248 e. The van der Waals surface area contributed by atoms with Gasteiger partial charge in [0.25, 0.3) is 0 Å². The van der Waals surface area contributed by atoms with E-state index in [1.165, 1.54) is 25.9 Å². The molecule has 116 valence electrons. The van der Waals surface area contributed by atoms with Crippen LogP contribution in [0.3, 0.4) is 0 Å². The Morgan fingerprint density at radius 3 is 2.71 bits per heavy atom. The standard InChI is InChI=1S/C15H25N5O/c21-14(17-9-13-19-10-1-2-11-19)15(4-7-16-8-5-15)20-12-3-6-18-20/h3,6,12,16H,1-2,4-5,7-11,13H2,(H,17,21). The summed E-state index contributed by atoms with van der Waals surface area (Å²) < 4.78 is 1.85. The molecule has 2 fully saturated rings. The molecule has 2 saturated heterocycles. The summed E-state index contributed by atoms with van der Waals surface area (Å²) in [5.74, 6) is 0.117. The SMILES string of the molecule is O=C(NCCN1CCCC1)C1(n2cccn2)CCNCC1. The maximum atomic E-state index is 12.8. The molecule has 2 aliphatic rings. The highest BCUT2D eigenvalue weighted by molar-refractivity contribution is 5.84. The summed E-state index contributed by atoms with van der Waals surface area (Å²) in [5.41, 5.74) is -0.514. The maximum absolute atomic E-state index is 12.8. The lowest BCUT2D eigenvalue weighted by atomic mass is 9.87. The fourth-order valence-electron chi connectivity index (χ4n) is 3.42. The lowest BCUT2D eigenvalue weighted by Gasteiger charge is -2.36. The number of aromatic nitrogens is 2. The zero-order valence-electron chi connectivity index (χ0n) is 12.6. The molecule has 0 aromatic carbocycles. The number of likely N-dealkylation sites (tertiary alicyclic amines) is 1. The number of hydrogen-bond acceptors (Lipinski definition) is 4. The Morgan fingerprint density at radius 2 is 2.05 bits per heavy atom. The number of nitrogens with zero attached hydrogens (tertiary/aromatic N) is 3. The Balaban J connectivity index is 1.61. The molecule has 0 unspecified atom stereocenters. The molecule has 0 spiro atoms. The van der Waals surface area contributed by atoms with Crippen LogP contribution in [0.1, 0.15) is 25.7 Å². The second-order valence-electron chi connectivity index (χ2n) is 6.04. The highest BCUT2D eigenvalue weighted by atomic mass is 16.2. The summed E-state index contributed by atoms with van der Waals surface area (Å²) in [6, 6.07) is 1.89. The van der Waals surface area contributed by atoms with E-state index in [1.807, 2.05) is 16.9 Å². The van der Waals surface area contributed by atoms with Crippen molar-refractivity contribution in [1.29, 1.82) is 0 Å². The molecule has 1 amide bonds. The molecule has 0 bridgehead atoms. The van der Waals surface area contributed by atoms with Gasteiger partial charge in [-0.2, -0.15) is 5.10 Å². The van der Waals surface area contributed by atoms with Crippen molar-refractivity contribution >= 4 is 5.91 Å². The molecule has 6 heteroatoms. The normalized spacial score (nSPS) is 22.3. The predicted molar refractivity (Wildman–Crippen MR) is 81.0 cm³/mol. The Kier molecular flexibility index (Phi) is 4.55. The van der Waals surface area contributed by atoms with Gasteiger partial charge in [-0.1, -0.05) is 0 Å². The van der Waals surface area contributed by atoms with Crippen molar-refractivity contribution in [3.63, 3.8) is 0 Å². The van der Waals surface area contributed by atoms with Crippen LogP contribution in [0.4, 0.5) is 0 Å². The Hall–Kier alpha value is -1.40. The van der Waals surface area contributed by atoms with Crippen molar-refractivity contribution in [1.82, 2.24) is 25.3 Å². The minimum absolute atomic E-state index is 0.117. The first-order chi connectivity index (χ1) is 10.3. The third-order valence-corrected chi connectivity index (χ3v) is 4.71. The van der Waals surface area contributed by atoms with E-state index < -0.39 is 5.54 Å². The van der Waals surface area contributed by atoms with Crippen LogP contribution in [0.2, 0.25) is 0 Å². The summed E-state index contributed by atoms with van der Waals surface area (Å²) in [5, 5.41) is 10.8. The van der Waals surface area contributed by atoms with Gasteiger partial charge in [0.05, 0.1) is 0 Å². The van der Waals surface area contributed by atoms with Gasteiger partial charge in [-0.05, 0) is 57.9 Å². The van der Waals surface area contributed by atoms with Gasteiger partial charge in [0.2, 0.25) is 5.91 Å². The number of amides is 1. The highest BCUT2D eigenvalue weighted by Crippen LogP contribution is 2.27. The first-order valence-corrected chi connectivity index (χ1v) is 8.03. The van der Waals surface area contributed by atoms with Crippen LogP contribution in [0.25, 0.3) is 0 Å². The van der Waals surface area contributed by atoms with Gasteiger partial charge in [-0.3, -0.25) is 9.48 Å². The van der Waals surface area contributed by atoms with Gasteiger partial charge >= 0.3 is 0 Å². The molecule has 3 heterocycles. The van der Waals surface area contributed by atoms with Crippen LogP contribution in [0.5, 0.6) is 0 Å². The molecule has 6 nitrogen and oxygen atoms in total. The topological polar surface area (TPSA) is 62.2 Å². The van der Waals surface area contributed by atoms with Gasteiger partial charge < -0.3 is 15.5 Å². The van der Waals surface area contributed by atoms with E-state index in [0.29, 0.717) is 0 Å². The molecule has 1 aromatic heterocycles. The summed E-state index contributed by atoms with van der Waals surface area (Å²) in [4.78, 5) is 15.2. The van der Waals surface area contributed by atoms with Crippen LogP contribution >= 0.6 is 0 Å². The smallest absolute Gasteiger partial charge is 0.248 e. The molecule has 2 N–H and O–H groups in total. The van der Waals surface area contributed by atoms with Crippen LogP contribution in [0.15, 0.2) is 18.5 Å². The average molecular weight is 291 g/mol.